The number of hydrogen-bond acceptors (Lipinski definition) is 5. The van der Waals surface area contributed by atoms with Gasteiger partial charge in [-0.3, -0.25) is 4.79 Å². The summed E-state index contributed by atoms with van der Waals surface area (Å²) in [6.45, 7) is 6.74. The zero-order chi connectivity index (χ0) is 21.5. The predicted molar refractivity (Wildman–Crippen MR) is 117 cm³/mol. The van der Waals surface area contributed by atoms with Crippen LogP contribution in [0.2, 0.25) is 0 Å². The maximum Gasteiger partial charge on any atom is 0.252 e. The topological polar surface area (TPSA) is 75.7 Å². The Hall–Kier alpha value is -1.90. The smallest absolute Gasteiger partial charge is 0.252 e. The zero-order valence-electron chi connectivity index (χ0n) is 17.6. The first-order valence-electron chi connectivity index (χ1n) is 10.3. The van der Waals surface area contributed by atoms with E-state index >= 15 is 0 Å². The summed E-state index contributed by atoms with van der Waals surface area (Å²) >= 11 is 1.21. The Morgan fingerprint density at radius 2 is 2.10 bits per heavy atom. The van der Waals surface area contributed by atoms with Gasteiger partial charge in [-0.15, -0.1) is 11.3 Å². The summed E-state index contributed by atoms with van der Waals surface area (Å²) in [6.07, 6.45) is 2.03. The molecule has 1 N–H and O–H groups in total. The lowest BCUT2D eigenvalue weighted by Crippen LogP contribution is -2.47. The number of fused-ring (bicyclic) bond motifs is 1. The largest absolute Gasteiger partial charge is 0.487 e. The van der Waals surface area contributed by atoms with Gasteiger partial charge in [0.2, 0.25) is 5.91 Å². The van der Waals surface area contributed by atoms with Crippen LogP contribution in [0.25, 0.3) is 0 Å². The van der Waals surface area contributed by atoms with Crippen molar-refractivity contribution in [1.82, 2.24) is 9.62 Å². The number of piperidine rings is 1. The molecule has 2 aromatic rings. The molecule has 30 heavy (non-hydrogen) atoms. The average Bonchev–Trinajstić information content (AvgIpc) is 3.22. The van der Waals surface area contributed by atoms with Crippen molar-refractivity contribution in [2.24, 2.45) is 5.92 Å². The van der Waals surface area contributed by atoms with Gasteiger partial charge in [-0.05, 0) is 56.7 Å². The third-order valence-electron chi connectivity index (χ3n) is 5.79. The summed E-state index contributed by atoms with van der Waals surface area (Å²) in [4.78, 5) is 13.1. The molecule has 2 aliphatic rings. The molecule has 0 radical (unpaired) electrons. The van der Waals surface area contributed by atoms with E-state index < -0.39 is 10.0 Å². The van der Waals surface area contributed by atoms with Gasteiger partial charge in [0.25, 0.3) is 10.0 Å². The van der Waals surface area contributed by atoms with Crippen molar-refractivity contribution >= 4 is 27.3 Å². The fourth-order valence-electron chi connectivity index (χ4n) is 4.29. The van der Waals surface area contributed by atoms with Crippen LogP contribution in [-0.2, 0) is 14.8 Å². The minimum atomic E-state index is -3.54. The van der Waals surface area contributed by atoms with Crippen LogP contribution in [0.1, 0.15) is 50.3 Å². The van der Waals surface area contributed by atoms with E-state index in [1.165, 1.54) is 15.6 Å². The van der Waals surface area contributed by atoms with Crippen LogP contribution in [0, 0.1) is 12.8 Å². The highest BCUT2D eigenvalue weighted by Gasteiger charge is 2.38. The number of nitrogens with one attached hydrogen (secondary N) is 1. The first-order valence-corrected chi connectivity index (χ1v) is 12.6. The van der Waals surface area contributed by atoms with Crippen LogP contribution >= 0.6 is 11.3 Å². The van der Waals surface area contributed by atoms with E-state index in [0.717, 1.165) is 16.9 Å². The van der Waals surface area contributed by atoms with Gasteiger partial charge in [0, 0.05) is 25.1 Å². The number of sulfonamides is 1. The van der Waals surface area contributed by atoms with Crippen LogP contribution in [0.3, 0.4) is 0 Å². The standard InChI is InChI=1S/C22H28N2O4S2/c1-15-8-9-17-18(13-22(2,3)28-19(17)12-15)23-21(25)16-6-4-10-24(14-16)30(26,27)20-7-5-11-29-20/h5,7-9,11-12,16,18H,4,6,10,13-14H2,1-3H3,(H,23,25)/t16-,18-/m1/s1. The Morgan fingerprint density at radius 3 is 2.83 bits per heavy atom. The molecule has 4 rings (SSSR count). The molecule has 6 nitrogen and oxygen atoms in total. The number of rotatable bonds is 4. The van der Waals surface area contributed by atoms with Crippen LogP contribution in [0.5, 0.6) is 5.75 Å². The fraction of sp³-hybridized carbons (Fsp3) is 0.500. The van der Waals surface area contributed by atoms with E-state index in [-0.39, 0.29) is 30.0 Å². The molecule has 0 unspecified atom stereocenters. The van der Waals surface area contributed by atoms with E-state index in [4.69, 9.17) is 4.74 Å². The molecule has 0 spiro atoms. The second-order valence-corrected chi connectivity index (χ2v) is 11.9. The molecule has 1 saturated heterocycles. The molecule has 1 aromatic carbocycles. The van der Waals surface area contributed by atoms with Gasteiger partial charge in [-0.2, -0.15) is 4.31 Å². The Balaban J connectivity index is 1.50. The summed E-state index contributed by atoms with van der Waals surface area (Å²) in [5.41, 5.74) is 1.70. The number of aryl methyl sites for hydroxylation is 1. The van der Waals surface area contributed by atoms with Crippen molar-refractivity contribution in [2.75, 3.05) is 13.1 Å². The van der Waals surface area contributed by atoms with Crippen molar-refractivity contribution < 1.29 is 17.9 Å². The Bertz CT molecular complexity index is 1030. The number of ether oxygens (including phenoxy) is 1. The molecule has 2 aliphatic heterocycles. The first kappa shape index (κ1) is 21.3. The van der Waals surface area contributed by atoms with E-state index in [0.29, 0.717) is 30.0 Å². The average molecular weight is 449 g/mol. The SMILES string of the molecule is Cc1ccc2c(c1)OC(C)(C)C[C@H]2NC(=O)[C@@H]1CCCN(S(=O)(=O)c2cccs2)C1. The van der Waals surface area contributed by atoms with E-state index in [1.54, 1.807) is 17.5 Å². The highest BCUT2D eigenvalue weighted by Crippen LogP contribution is 2.40. The number of nitrogens with zero attached hydrogens (tertiary/aromatic N) is 1. The lowest BCUT2D eigenvalue weighted by molar-refractivity contribution is -0.127. The highest BCUT2D eigenvalue weighted by molar-refractivity contribution is 7.91. The molecule has 1 amide bonds. The Labute approximate surface area is 182 Å². The number of benzene rings is 1. The van der Waals surface area contributed by atoms with Crippen molar-refractivity contribution in [3.05, 3.63) is 46.8 Å². The van der Waals surface area contributed by atoms with Crippen molar-refractivity contribution in [2.45, 2.75) is 55.9 Å². The van der Waals surface area contributed by atoms with Gasteiger partial charge in [0.1, 0.15) is 15.6 Å². The second-order valence-electron chi connectivity index (χ2n) is 8.80. The molecule has 162 valence electrons. The zero-order valence-corrected chi connectivity index (χ0v) is 19.2. The Kier molecular flexibility index (Phi) is 5.67. The molecule has 3 heterocycles. The summed E-state index contributed by atoms with van der Waals surface area (Å²) in [5, 5.41) is 4.95. The molecule has 0 aliphatic carbocycles. The molecule has 1 aromatic heterocycles. The van der Waals surface area contributed by atoms with Crippen molar-refractivity contribution in [3.63, 3.8) is 0 Å². The molecular weight excluding hydrogens is 420 g/mol. The summed E-state index contributed by atoms with van der Waals surface area (Å²) in [5.74, 6) is 0.366. The molecular formula is C22H28N2O4S2. The van der Waals surface area contributed by atoms with E-state index in [9.17, 15) is 13.2 Å². The van der Waals surface area contributed by atoms with Crippen molar-refractivity contribution in [3.8, 4) is 5.75 Å². The van der Waals surface area contributed by atoms with E-state index in [1.807, 2.05) is 39.0 Å². The van der Waals surface area contributed by atoms with Crippen molar-refractivity contribution in [1.29, 1.82) is 0 Å². The minimum Gasteiger partial charge on any atom is -0.487 e. The maximum atomic E-state index is 13.1. The van der Waals surface area contributed by atoms with Gasteiger partial charge in [-0.1, -0.05) is 18.2 Å². The lowest BCUT2D eigenvalue weighted by atomic mass is 9.88. The fourth-order valence-corrected chi connectivity index (χ4v) is 6.96. The van der Waals surface area contributed by atoms with Crippen LogP contribution < -0.4 is 10.1 Å². The number of carbonyl (C=O) groups excluding carboxylic acids is 1. The molecule has 1 fully saturated rings. The van der Waals surface area contributed by atoms with Crippen LogP contribution in [0.4, 0.5) is 0 Å². The number of amides is 1. The summed E-state index contributed by atoms with van der Waals surface area (Å²) < 4.78 is 33.7. The number of carbonyl (C=O) groups is 1. The van der Waals surface area contributed by atoms with Crippen LogP contribution in [0.15, 0.2) is 39.9 Å². The third-order valence-corrected chi connectivity index (χ3v) is 9.03. The minimum absolute atomic E-state index is 0.0877. The van der Waals surface area contributed by atoms with Gasteiger partial charge in [-0.25, -0.2) is 8.42 Å². The van der Waals surface area contributed by atoms with Gasteiger partial charge >= 0.3 is 0 Å². The monoisotopic (exact) mass is 448 g/mol. The maximum absolute atomic E-state index is 13.1. The number of hydrogen-bond donors (Lipinski definition) is 1. The molecule has 8 heteroatoms. The Morgan fingerprint density at radius 1 is 1.30 bits per heavy atom. The molecule has 0 saturated carbocycles. The summed E-state index contributed by atoms with van der Waals surface area (Å²) in [6, 6.07) is 9.24. The predicted octanol–water partition coefficient (Wildman–Crippen LogP) is 3.88. The molecule has 2 atom stereocenters. The van der Waals surface area contributed by atoms with Gasteiger partial charge in [0.15, 0.2) is 0 Å². The molecule has 0 bridgehead atoms. The summed E-state index contributed by atoms with van der Waals surface area (Å²) in [7, 11) is -3.54. The third kappa shape index (κ3) is 4.26. The second kappa shape index (κ2) is 7.98. The van der Waals surface area contributed by atoms with Crippen LogP contribution in [-0.4, -0.2) is 37.3 Å². The quantitative estimate of drug-likeness (QED) is 0.770. The lowest BCUT2D eigenvalue weighted by Gasteiger charge is -2.39. The van der Waals surface area contributed by atoms with Gasteiger partial charge < -0.3 is 10.1 Å². The number of thiophene rings is 1. The highest BCUT2D eigenvalue weighted by atomic mass is 32.2. The first-order chi connectivity index (χ1) is 14.2. The van der Waals surface area contributed by atoms with E-state index in [2.05, 4.69) is 5.32 Å². The van der Waals surface area contributed by atoms with Gasteiger partial charge in [0.05, 0.1) is 12.0 Å². The normalized spacial score (nSPS) is 24.0.